The van der Waals surface area contributed by atoms with Crippen LogP contribution >= 0.6 is 0 Å². The SMILES string of the molecule is CC(C)c1c2c(cn1C)C(C)(C)Cc1cnc(Nc3ccc(N4CCNCC4)cn3)nc1-2. The molecule has 7 nitrogen and oxygen atoms in total. The van der Waals surface area contributed by atoms with E-state index in [1.54, 1.807) is 0 Å². The summed E-state index contributed by atoms with van der Waals surface area (Å²) >= 11 is 0. The van der Waals surface area contributed by atoms with Gasteiger partial charge in [-0.2, -0.15) is 0 Å². The number of piperazine rings is 1. The Balaban J connectivity index is 1.46. The minimum atomic E-state index is 0.0624. The fourth-order valence-corrected chi connectivity index (χ4v) is 5.17. The lowest BCUT2D eigenvalue weighted by Crippen LogP contribution is -2.43. The standard InChI is InChI=1S/C25H33N7/c1-16(2)23-21-19(15-31(23)5)25(3,4)12-17-13-28-24(30-22(17)21)29-20-7-6-18(14-27-20)32-10-8-26-9-11-32/h6-7,13-16,26H,8-12H2,1-5H3,(H,27,28,29,30). The third-order valence-corrected chi connectivity index (χ3v) is 6.71. The second-order valence-corrected chi connectivity index (χ2v) is 9.96. The molecule has 3 aromatic rings. The van der Waals surface area contributed by atoms with Gasteiger partial charge in [0.25, 0.3) is 0 Å². The predicted molar refractivity (Wildman–Crippen MR) is 130 cm³/mol. The number of hydrogen-bond donors (Lipinski definition) is 2. The van der Waals surface area contributed by atoms with Gasteiger partial charge in [0.15, 0.2) is 0 Å². The van der Waals surface area contributed by atoms with Crippen molar-refractivity contribution in [1.29, 1.82) is 0 Å². The number of hydrogen-bond acceptors (Lipinski definition) is 6. The summed E-state index contributed by atoms with van der Waals surface area (Å²) in [6.07, 6.45) is 7.15. The Hall–Kier alpha value is -2.93. The average Bonchev–Trinajstić information content (AvgIpc) is 3.14. The lowest BCUT2D eigenvalue weighted by atomic mass is 9.72. The average molecular weight is 432 g/mol. The Morgan fingerprint density at radius 2 is 1.88 bits per heavy atom. The van der Waals surface area contributed by atoms with Gasteiger partial charge in [-0.1, -0.05) is 27.7 Å². The first-order chi connectivity index (χ1) is 15.3. The monoisotopic (exact) mass is 431 g/mol. The first-order valence-corrected chi connectivity index (χ1v) is 11.6. The molecule has 5 rings (SSSR count). The van der Waals surface area contributed by atoms with Crippen molar-refractivity contribution in [2.24, 2.45) is 7.05 Å². The van der Waals surface area contributed by atoms with E-state index in [4.69, 9.17) is 4.98 Å². The van der Waals surface area contributed by atoms with Crippen LogP contribution in [0.5, 0.6) is 0 Å². The number of nitrogens with one attached hydrogen (secondary N) is 2. The minimum absolute atomic E-state index is 0.0624. The Bertz CT molecular complexity index is 1120. The summed E-state index contributed by atoms with van der Waals surface area (Å²) in [6, 6.07) is 4.13. The number of nitrogens with zero attached hydrogens (tertiary/aromatic N) is 5. The van der Waals surface area contributed by atoms with Crippen LogP contribution in [-0.2, 0) is 18.9 Å². The lowest BCUT2D eigenvalue weighted by molar-refractivity contribution is 0.514. The third-order valence-electron chi connectivity index (χ3n) is 6.71. The molecule has 0 amide bonds. The highest BCUT2D eigenvalue weighted by Gasteiger charge is 2.36. The first kappa shape index (κ1) is 20.9. The van der Waals surface area contributed by atoms with Gasteiger partial charge in [0.2, 0.25) is 5.95 Å². The molecule has 0 bridgehead atoms. The van der Waals surface area contributed by atoms with Crippen molar-refractivity contribution in [3.63, 3.8) is 0 Å². The molecule has 1 fully saturated rings. The normalized spacial score (nSPS) is 17.2. The van der Waals surface area contributed by atoms with Gasteiger partial charge in [-0.15, -0.1) is 0 Å². The third kappa shape index (κ3) is 3.64. The highest BCUT2D eigenvalue weighted by atomic mass is 15.2. The lowest BCUT2D eigenvalue weighted by Gasteiger charge is -2.32. The summed E-state index contributed by atoms with van der Waals surface area (Å²) < 4.78 is 2.28. The van der Waals surface area contributed by atoms with Crippen molar-refractivity contribution in [1.82, 2.24) is 24.8 Å². The molecule has 0 atom stereocenters. The van der Waals surface area contributed by atoms with Crippen LogP contribution in [0.15, 0.2) is 30.7 Å². The molecule has 3 aromatic heterocycles. The fourth-order valence-electron chi connectivity index (χ4n) is 5.17. The summed E-state index contributed by atoms with van der Waals surface area (Å²) in [6.45, 7) is 13.2. The van der Waals surface area contributed by atoms with E-state index in [0.717, 1.165) is 49.8 Å². The van der Waals surface area contributed by atoms with Crippen LogP contribution in [0.25, 0.3) is 11.3 Å². The second kappa shape index (κ2) is 7.89. The zero-order valence-electron chi connectivity index (χ0n) is 19.7. The number of fused-ring (bicyclic) bond motifs is 3. The maximum atomic E-state index is 4.99. The van der Waals surface area contributed by atoms with Crippen LogP contribution in [-0.4, -0.2) is 45.7 Å². The molecule has 0 saturated carbocycles. The van der Waals surface area contributed by atoms with Gasteiger partial charge in [-0.25, -0.2) is 15.0 Å². The van der Waals surface area contributed by atoms with E-state index < -0.39 is 0 Å². The van der Waals surface area contributed by atoms with Gasteiger partial charge in [0.1, 0.15) is 5.82 Å². The summed E-state index contributed by atoms with van der Waals surface area (Å²) in [5, 5.41) is 6.71. The number of rotatable bonds is 4. The number of anilines is 3. The Labute approximate surface area is 190 Å². The molecule has 2 aliphatic rings. The van der Waals surface area contributed by atoms with Crippen molar-refractivity contribution in [2.45, 2.75) is 45.4 Å². The first-order valence-electron chi connectivity index (χ1n) is 11.6. The summed E-state index contributed by atoms with van der Waals surface area (Å²) in [5.74, 6) is 1.77. The van der Waals surface area contributed by atoms with Crippen LogP contribution in [0.1, 0.15) is 50.4 Å². The van der Waals surface area contributed by atoms with Gasteiger partial charge in [0, 0.05) is 56.9 Å². The molecule has 0 radical (unpaired) electrons. The number of aryl methyl sites for hydroxylation is 1. The Morgan fingerprint density at radius 3 is 2.56 bits per heavy atom. The molecule has 4 heterocycles. The topological polar surface area (TPSA) is 70.9 Å². The fraction of sp³-hybridized carbons (Fsp3) is 0.480. The van der Waals surface area contributed by atoms with E-state index in [-0.39, 0.29) is 5.41 Å². The zero-order valence-corrected chi connectivity index (χ0v) is 19.7. The van der Waals surface area contributed by atoms with Gasteiger partial charge < -0.3 is 20.1 Å². The van der Waals surface area contributed by atoms with Gasteiger partial charge in [-0.05, 0) is 41.0 Å². The minimum Gasteiger partial charge on any atom is -0.368 e. The molecule has 1 aliphatic carbocycles. The number of aromatic nitrogens is 4. The predicted octanol–water partition coefficient (Wildman–Crippen LogP) is 3.99. The smallest absolute Gasteiger partial charge is 0.228 e. The number of pyridine rings is 1. The zero-order chi connectivity index (χ0) is 22.5. The second-order valence-electron chi connectivity index (χ2n) is 9.96. The van der Waals surface area contributed by atoms with Crippen molar-refractivity contribution in [2.75, 3.05) is 36.4 Å². The van der Waals surface area contributed by atoms with E-state index >= 15 is 0 Å². The highest BCUT2D eigenvalue weighted by Crippen LogP contribution is 2.46. The van der Waals surface area contributed by atoms with Crippen molar-refractivity contribution in [3.05, 3.63) is 47.5 Å². The maximum Gasteiger partial charge on any atom is 0.228 e. The van der Waals surface area contributed by atoms with Crippen LogP contribution in [0.3, 0.4) is 0 Å². The molecule has 168 valence electrons. The van der Waals surface area contributed by atoms with E-state index in [1.165, 1.54) is 22.4 Å². The summed E-state index contributed by atoms with van der Waals surface area (Å²) in [5.41, 5.74) is 7.47. The molecule has 0 aromatic carbocycles. The van der Waals surface area contributed by atoms with Crippen LogP contribution in [0.4, 0.5) is 17.5 Å². The molecule has 7 heteroatoms. The van der Waals surface area contributed by atoms with Crippen molar-refractivity contribution in [3.8, 4) is 11.3 Å². The largest absolute Gasteiger partial charge is 0.368 e. The Kier molecular flexibility index (Phi) is 5.16. The van der Waals surface area contributed by atoms with E-state index in [0.29, 0.717) is 11.9 Å². The quantitative estimate of drug-likeness (QED) is 0.651. The van der Waals surface area contributed by atoms with Gasteiger partial charge in [0.05, 0.1) is 17.6 Å². The molecule has 0 spiro atoms. The molecular formula is C25H33N7. The van der Waals surface area contributed by atoms with Crippen molar-refractivity contribution < 1.29 is 0 Å². The van der Waals surface area contributed by atoms with Crippen molar-refractivity contribution >= 4 is 17.5 Å². The van der Waals surface area contributed by atoms with Gasteiger partial charge in [-0.3, -0.25) is 0 Å². The van der Waals surface area contributed by atoms with E-state index in [1.807, 2.05) is 18.5 Å². The Morgan fingerprint density at radius 1 is 1.09 bits per heavy atom. The molecular weight excluding hydrogens is 398 g/mol. The maximum absolute atomic E-state index is 4.99. The van der Waals surface area contributed by atoms with Crippen LogP contribution in [0, 0.1) is 0 Å². The van der Waals surface area contributed by atoms with Crippen LogP contribution < -0.4 is 15.5 Å². The molecule has 0 unspecified atom stereocenters. The molecule has 32 heavy (non-hydrogen) atoms. The molecule has 1 saturated heterocycles. The van der Waals surface area contributed by atoms with Gasteiger partial charge >= 0.3 is 0 Å². The van der Waals surface area contributed by atoms with E-state index in [9.17, 15) is 0 Å². The van der Waals surface area contributed by atoms with E-state index in [2.05, 4.69) is 77.1 Å². The molecule has 2 N–H and O–H groups in total. The van der Waals surface area contributed by atoms with Crippen LogP contribution in [0.2, 0.25) is 0 Å². The summed E-state index contributed by atoms with van der Waals surface area (Å²) in [7, 11) is 2.15. The summed E-state index contributed by atoms with van der Waals surface area (Å²) in [4.78, 5) is 16.6. The highest BCUT2D eigenvalue weighted by molar-refractivity contribution is 5.76. The molecule has 1 aliphatic heterocycles.